The molecular formula is C29H28N6O. The maximum atomic E-state index is 14.2. The van der Waals surface area contributed by atoms with Crippen molar-refractivity contribution in [1.29, 1.82) is 0 Å². The van der Waals surface area contributed by atoms with Gasteiger partial charge in [0.2, 0.25) is 0 Å². The number of carbonyl (C=O) groups excluding carboxylic acids is 1. The molecule has 2 N–H and O–H groups in total. The average molecular weight is 477 g/mol. The quantitative estimate of drug-likeness (QED) is 0.699. The number of aliphatic imine (C=N–C) groups is 2. The third kappa shape index (κ3) is 3.05. The van der Waals surface area contributed by atoms with Crippen molar-refractivity contribution in [1.82, 2.24) is 19.9 Å². The third-order valence-corrected chi connectivity index (χ3v) is 7.95. The Morgan fingerprint density at radius 2 is 1.81 bits per heavy atom. The first kappa shape index (κ1) is 21.3. The summed E-state index contributed by atoms with van der Waals surface area (Å²) in [5.74, 6) is 0.437. The van der Waals surface area contributed by atoms with Crippen molar-refractivity contribution in [3.05, 3.63) is 88.9 Å². The van der Waals surface area contributed by atoms with Crippen molar-refractivity contribution >= 4 is 29.4 Å². The van der Waals surface area contributed by atoms with E-state index in [2.05, 4.69) is 38.1 Å². The maximum absolute atomic E-state index is 14.2. The number of hydrogen-bond acceptors (Lipinski definition) is 5. The molecule has 0 spiro atoms. The zero-order valence-corrected chi connectivity index (χ0v) is 20.6. The minimum absolute atomic E-state index is 0.186. The maximum Gasteiger partial charge on any atom is 0.177 e. The van der Waals surface area contributed by atoms with Gasteiger partial charge in [0.15, 0.2) is 11.4 Å². The molecule has 5 aliphatic rings. The van der Waals surface area contributed by atoms with Gasteiger partial charge in [0, 0.05) is 28.3 Å². The van der Waals surface area contributed by atoms with E-state index in [0.29, 0.717) is 0 Å². The molecule has 2 unspecified atom stereocenters. The first-order chi connectivity index (χ1) is 17.3. The second-order valence-corrected chi connectivity index (χ2v) is 10.9. The second-order valence-electron chi connectivity index (χ2n) is 10.9. The molecule has 4 aliphatic heterocycles. The normalized spacial score (nSPS) is 29.7. The number of allylic oxidation sites excluding steroid dienone is 4. The van der Waals surface area contributed by atoms with Crippen LogP contribution in [0.2, 0.25) is 0 Å². The summed E-state index contributed by atoms with van der Waals surface area (Å²) in [4.78, 5) is 32.0. The molecule has 1 saturated carbocycles. The van der Waals surface area contributed by atoms with Crippen LogP contribution in [0.3, 0.4) is 0 Å². The second kappa shape index (κ2) is 7.03. The van der Waals surface area contributed by atoms with Crippen molar-refractivity contribution in [3.8, 4) is 0 Å². The molecule has 180 valence electrons. The zero-order valence-electron chi connectivity index (χ0n) is 20.6. The number of Topliss-reactive ketones (excluding diaryl/α,β-unsaturated/α-hetero) is 1. The molecule has 8 bridgehead atoms. The highest BCUT2D eigenvalue weighted by Gasteiger charge is 2.60. The first-order valence-electron chi connectivity index (χ1n) is 12.5. The Hall–Kier alpha value is -4.00. The molecule has 7 heteroatoms. The summed E-state index contributed by atoms with van der Waals surface area (Å²) >= 11 is 0. The number of fused-ring (bicyclic) bond motifs is 6. The number of ketones is 1. The van der Waals surface area contributed by atoms with Crippen LogP contribution < -0.4 is 16.0 Å². The van der Waals surface area contributed by atoms with Gasteiger partial charge in [-0.1, -0.05) is 0 Å². The predicted molar refractivity (Wildman–Crippen MR) is 141 cm³/mol. The van der Waals surface area contributed by atoms with Gasteiger partial charge in [-0.3, -0.25) is 4.79 Å². The standard InChI is InChI=1S/C29H28N6O/c1-18-16-30-17-35(18)28-11-10-23(33-28)13-22-7-6-20(31-22)12-21-8-9-24(32-21)14-29(19-4-5-19)26(36)27(2,3)25(15-28)34-29/h6-17,19,31,34H,4-5H2,1-3H3. The van der Waals surface area contributed by atoms with Gasteiger partial charge in [0.1, 0.15) is 5.54 Å². The Labute approximate surface area is 209 Å². The van der Waals surface area contributed by atoms with Gasteiger partial charge in [-0.05, 0) is 100 Å². The number of nitrogens with zero attached hydrogens (tertiary/aromatic N) is 4. The van der Waals surface area contributed by atoms with Gasteiger partial charge < -0.3 is 14.9 Å². The van der Waals surface area contributed by atoms with Gasteiger partial charge in [0.25, 0.3) is 0 Å². The van der Waals surface area contributed by atoms with Crippen LogP contribution in [0.15, 0.2) is 82.5 Å². The highest BCUT2D eigenvalue weighted by molar-refractivity contribution is 6.20. The minimum atomic E-state index is -0.823. The Morgan fingerprint density at radius 3 is 2.53 bits per heavy atom. The fourth-order valence-electron chi connectivity index (χ4n) is 5.84. The third-order valence-electron chi connectivity index (χ3n) is 7.95. The number of carbonyl (C=O) groups is 1. The number of H-pyrrole nitrogens is 1. The lowest BCUT2D eigenvalue weighted by Crippen LogP contribution is -2.47. The van der Waals surface area contributed by atoms with Crippen LogP contribution in [0.5, 0.6) is 0 Å². The van der Waals surface area contributed by atoms with E-state index >= 15 is 0 Å². The van der Waals surface area contributed by atoms with Crippen LogP contribution >= 0.6 is 0 Å². The molecule has 0 aromatic carbocycles. The molecular weight excluding hydrogens is 448 g/mol. The number of aromatic nitrogens is 3. The molecule has 0 radical (unpaired) electrons. The molecule has 1 saturated heterocycles. The molecule has 7 rings (SSSR count). The summed E-state index contributed by atoms with van der Waals surface area (Å²) in [6.07, 6.45) is 22.0. The highest BCUT2D eigenvalue weighted by atomic mass is 16.1. The van der Waals surface area contributed by atoms with Crippen LogP contribution in [-0.4, -0.2) is 37.3 Å². The van der Waals surface area contributed by atoms with E-state index in [1.807, 2.05) is 75.8 Å². The molecule has 7 nitrogen and oxygen atoms in total. The molecule has 2 aromatic rings. The van der Waals surface area contributed by atoms with Crippen molar-refractivity contribution in [2.24, 2.45) is 21.3 Å². The van der Waals surface area contributed by atoms with E-state index in [1.54, 1.807) is 0 Å². The van der Waals surface area contributed by atoms with Gasteiger partial charge in [0.05, 0.1) is 28.9 Å². The van der Waals surface area contributed by atoms with E-state index in [-0.39, 0.29) is 11.7 Å². The molecule has 1 aliphatic carbocycles. The van der Waals surface area contributed by atoms with Gasteiger partial charge in [-0.2, -0.15) is 0 Å². The Morgan fingerprint density at radius 1 is 1.03 bits per heavy atom. The van der Waals surface area contributed by atoms with E-state index in [9.17, 15) is 4.79 Å². The van der Waals surface area contributed by atoms with E-state index in [1.165, 1.54) is 0 Å². The Bertz CT molecular complexity index is 1630. The van der Waals surface area contributed by atoms with E-state index in [4.69, 9.17) is 9.98 Å². The van der Waals surface area contributed by atoms with Crippen LogP contribution in [-0.2, 0) is 10.5 Å². The van der Waals surface area contributed by atoms with Crippen molar-refractivity contribution in [2.45, 2.75) is 44.8 Å². The Kier molecular flexibility index (Phi) is 4.16. The van der Waals surface area contributed by atoms with Crippen molar-refractivity contribution < 1.29 is 4.79 Å². The number of imidazole rings is 1. The first-order valence-corrected chi connectivity index (χ1v) is 12.5. The highest BCUT2D eigenvalue weighted by Crippen LogP contribution is 2.52. The molecule has 2 aromatic heterocycles. The lowest BCUT2D eigenvalue weighted by Gasteiger charge is -2.28. The van der Waals surface area contributed by atoms with Gasteiger partial charge in [-0.15, -0.1) is 0 Å². The predicted octanol–water partition coefficient (Wildman–Crippen LogP) is 2.58. The number of rotatable bonds is 2. The molecule has 2 fully saturated rings. The molecule has 0 amide bonds. The summed E-state index contributed by atoms with van der Waals surface area (Å²) in [5.41, 5.74) is 2.08. The monoisotopic (exact) mass is 476 g/mol. The van der Waals surface area contributed by atoms with Crippen LogP contribution in [0.4, 0.5) is 0 Å². The van der Waals surface area contributed by atoms with Gasteiger partial charge in [-0.25, -0.2) is 15.0 Å². The summed E-state index contributed by atoms with van der Waals surface area (Å²) in [6, 6.07) is 4.09. The molecule has 2 atom stereocenters. The molecule has 6 heterocycles. The van der Waals surface area contributed by atoms with E-state index in [0.717, 1.165) is 52.1 Å². The summed E-state index contributed by atoms with van der Waals surface area (Å²) in [6.45, 7) is 6.06. The number of hydrogen-bond donors (Lipinski definition) is 2. The lowest BCUT2D eigenvalue weighted by molar-refractivity contribution is -0.127. The minimum Gasteiger partial charge on any atom is -0.372 e. The summed E-state index contributed by atoms with van der Waals surface area (Å²) in [5, 5.41) is 5.66. The topological polar surface area (TPSA) is 87.4 Å². The van der Waals surface area contributed by atoms with Crippen LogP contribution in [0.1, 0.15) is 32.4 Å². The fraction of sp³-hybridized carbons (Fsp3) is 0.310. The fourth-order valence-corrected chi connectivity index (χ4v) is 5.84. The van der Waals surface area contributed by atoms with Gasteiger partial charge >= 0.3 is 0 Å². The Balaban J connectivity index is 1.52. The smallest absolute Gasteiger partial charge is 0.177 e. The number of aromatic amines is 1. The van der Waals surface area contributed by atoms with Crippen molar-refractivity contribution in [3.63, 3.8) is 0 Å². The molecule has 36 heavy (non-hydrogen) atoms. The SMILES string of the molecule is Cc1cncn1C12C=CC(=N1)C=c1ccc([nH]1)=CC1=NC(=CC3(C4CC4)NC(=C2)C(C)(C)C3=O)C=C1. The van der Waals surface area contributed by atoms with Crippen LogP contribution in [0, 0.1) is 18.3 Å². The number of nitrogens with one attached hydrogen (secondary N) is 2. The van der Waals surface area contributed by atoms with Crippen LogP contribution in [0.25, 0.3) is 12.2 Å². The lowest BCUT2D eigenvalue weighted by atomic mass is 9.77. The summed E-state index contributed by atoms with van der Waals surface area (Å²) in [7, 11) is 0. The average Bonchev–Trinajstić information content (AvgIpc) is 3.15. The number of aryl methyl sites for hydroxylation is 1. The van der Waals surface area contributed by atoms with Crippen molar-refractivity contribution in [2.75, 3.05) is 0 Å². The zero-order chi connectivity index (χ0) is 24.7. The van der Waals surface area contributed by atoms with E-state index < -0.39 is 16.6 Å². The largest absolute Gasteiger partial charge is 0.372 e. The summed E-state index contributed by atoms with van der Waals surface area (Å²) < 4.78 is 2.06.